The normalized spacial score (nSPS) is 23.1. The number of ether oxygens (including phenoxy) is 1. The van der Waals surface area contributed by atoms with Gasteiger partial charge >= 0.3 is 5.97 Å². The molecular formula is C14H19NO5S. The summed E-state index contributed by atoms with van der Waals surface area (Å²) in [4.78, 5) is 11.3. The Labute approximate surface area is 124 Å². The largest absolute Gasteiger partial charge is 0.494 e. The highest BCUT2D eigenvalue weighted by atomic mass is 32.2. The molecule has 116 valence electrons. The van der Waals surface area contributed by atoms with Crippen LogP contribution in [0.15, 0.2) is 29.2 Å². The Kier molecular flexibility index (Phi) is 4.53. The number of benzene rings is 1. The predicted octanol–water partition coefficient (Wildman–Crippen LogP) is 1.57. The van der Waals surface area contributed by atoms with E-state index in [0.717, 1.165) is 0 Å². The zero-order valence-corrected chi connectivity index (χ0v) is 12.8. The third-order valence-corrected chi connectivity index (χ3v) is 5.76. The molecule has 2 atom stereocenters. The second-order valence-corrected chi connectivity index (χ2v) is 6.88. The second kappa shape index (κ2) is 6.03. The van der Waals surface area contributed by atoms with Gasteiger partial charge in [-0.1, -0.05) is 0 Å². The lowest BCUT2D eigenvalue weighted by atomic mass is 10.0. The molecule has 0 bridgehead atoms. The number of carbonyl (C=O) groups is 1. The average Bonchev–Trinajstić information content (AvgIpc) is 2.82. The topological polar surface area (TPSA) is 83.9 Å². The van der Waals surface area contributed by atoms with Crippen LogP contribution in [0.4, 0.5) is 0 Å². The molecule has 21 heavy (non-hydrogen) atoms. The maximum atomic E-state index is 12.6. The van der Waals surface area contributed by atoms with Crippen LogP contribution in [0.25, 0.3) is 0 Å². The highest BCUT2D eigenvalue weighted by Gasteiger charge is 2.42. The number of sulfonamides is 1. The van der Waals surface area contributed by atoms with Crippen molar-refractivity contribution in [1.82, 2.24) is 4.31 Å². The van der Waals surface area contributed by atoms with Gasteiger partial charge in [0.2, 0.25) is 10.0 Å². The molecule has 0 aliphatic carbocycles. The van der Waals surface area contributed by atoms with E-state index in [4.69, 9.17) is 9.84 Å². The molecule has 0 radical (unpaired) electrons. The van der Waals surface area contributed by atoms with Gasteiger partial charge in [-0.15, -0.1) is 0 Å². The van der Waals surface area contributed by atoms with Crippen LogP contribution in [0.2, 0.25) is 0 Å². The van der Waals surface area contributed by atoms with Crippen LogP contribution in [-0.4, -0.2) is 43.0 Å². The minimum atomic E-state index is -3.67. The molecule has 1 heterocycles. The molecule has 0 spiro atoms. The van der Waals surface area contributed by atoms with Crippen molar-refractivity contribution in [2.75, 3.05) is 13.2 Å². The number of hydrogen-bond donors (Lipinski definition) is 1. The van der Waals surface area contributed by atoms with Crippen molar-refractivity contribution in [1.29, 1.82) is 0 Å². The van der Waals surface area contributed by atoms with Gasteiger partial charge in [-0.25, -0.2) is 8.42 Å². The number of carboxylic acid groups (broad SMARTS) is 1. The summed E-state index contributed by atoms with van der Waals surface area (Å²) in [6, 6.07) is 5.64. The van der Waals surface area contributed by atoms with E-state index in [-0.39, 0.29) is 11.4 Å². The van der Waals surface area contributed by atoms with Crippen LogP contribution in [0.5, 0.6) is 5.75 Å². The molecule has 2 unspecified atom stereocenters. The predicted molar refractivity (Wildman–Crippen MR) is 76.7 cm³/mol. The lowest BCUT2D eigenvalue weighted by Gasteiger charge is -2.22. The monoisotopic (exact) mass is 313 g/mol. The number of nitrogens with zero attached hydrogens (tertiary/aromatic N) is 1. The molecule has 1 aromatic carbocycles. The standard InChI is InChI=1S/C14H19NO5S/c1-3-20-11-4-6-12(7-5-11)21(18,19)15-9-8-13(10(15)2)14(16)17/h4-7,10,13H,3,8-9H2,1-2H3,(H,16,17). The Morgan fingerprint density at radius 3 is 2.48 bits per heavy atom. The Balaban J connectivity index is 2.24. The molecule has 1 aliphatic rings. The van der Waals surface area contributed by atoms with E-state index in [1.807, 2.05) is 6.92 Å². The van der Waals surface area contributed by atoms with Gasteiger partial charge in [0.25, 0.3) is 0 Å². The summed E-state index contributed by atoms with van der Waals surface area (Å²) in [5.74, 6) is -0.997. The highest BCUT2D eigenvalue weighted by Crippen LogP contribution is 2.30. The van der Waals surface area contributed by atoms with Crippen LogP contribution in [0.1, 0.15) is 20.3 Å². The number of aliphatic carboxylic acids is 1. The van der Waals surface area contributed by atoms with Crippen molar-refractivity contribution in [3.8, 4) is 5.75 Å². The van der Waals surface area contributed by atoms with Gasteiger partial charge in [-0.05, 0) is 44.5 Å². The van der Waals surface area contributed by atoms with Gasteiger partial charge in [0, 0.05) is 12.6 Å². The van der Waals surface area contributed by atoms with Gasteiger partial charge in [-0.2, -0.15) is 4.31 Å². The van der Waals surface area contributed by atoms with E-state index in [0.29, 0.717) is 18.8 Å². The van der Waals surface area contributed by atoms with Crippen LogP contribution in [-0.2, 0) is 14.8 Å². The highest BCUT2D eigenvalue weighted by molar-refractivity contribution is 7.89. The first-order valence-corrected chi connectivity index (χ1v) is 8.29. The van der Waals surface area contributed by atoms with Gasteiger partial charge in [0.15, 0.2) is 0 Å². The van der Waals surface area contributed by atoms with Crippen molar-refractivity contribution in [3.63, 3.8) is 0 Å². The molecule has 1 saturated heterocycles. The summed E-state index contributed by atoms with van der Waals surface area (Å²) < 4.78 is 31.7. The van der Waals surface area contributed by atoms with Gasteiger partial charge < -0.3 is 9.84 Å². The third kappa shape index (κ3) is 3.03. The molecule has 1 aliphatic heterocycles. The number of rotatable bonds is 5. The summed E-state index contributed by atoms with van der Waals surface area (Å²) in [7, 11) is -3.67. The molecule has 1 fully saturated rings. The fourth-order valence-electron chi connectivity index (χ4n) is 2.59. The van der Waals surface area contributed by atoms with Crippen LogP contribution < -0.4 is 4.74 Å². The summed E-state index contributed by atoms with van der Waals surface area (Å²) in [6.07, 6.45) is 0.340. The number of carboxylic acids is 1. The van der Waals surface area contributed by atoms with Crippen LogP contribution in [0, 0.1) is 5.92 Å². The fraction of sp³-hybridized carbons (Fsp3) is 0.500. The van der Waals surface area contributed by atoms with Crippen molar-refractivity contribution < 1.29 is 23.1 Å². The van der Waals surface area contributed by atoms with Crippen molar-refractivity contribution in [2.45, 2.75) is 31.2 Å². The van der Waals surface area contributed by atoms with Gasteiger partial charge in [0.05, 0.1) is 17.4 Å². The second-order valence-electron chi connectivity index (χ2n) is 4.99. The van der Waals surface area contributed by atoms with Gasteiger partial charge in [-0.3, -0.25) is 4.79 Å². The van der Waals surface area contributed by atoms with E-state index in [2.05, 4.69) is 0 Å². The van der Waals surface area contributed by atoms with Gasteiger partial charge in [0.1, 0.15) is 5.75 Å². The summed E-state index contributed by atoms with van der Waals surface area (Å²) in [6.45, 7) is 4.23. The first-order chi connectivity index (χ1) is 9.87. The van der Waals surface area contributed by atoms with E-state index in [9.17, 15) is 13.2 Å². The van der Waals surface area contributed by atoms with E-state index >= 15 is 0 Å². The molecule has 6 nitrogen and oxygen atoms in total. The van der Waals surface area contributed by atoms with E-state index < -0.39 is 28.0 Å². The van der Waals surface area contributed by atoms with Crippen molar-refractivity contribution in [3.05, 3.63) is 24.3 Å². The minimum Gasteiger partial charge on any atom is -0.494 e. The lowest BCUT2D eigenvalue weighted by molar-refractivity contribution is -0.142. The molecular weight excluding hydrogens is 294 g/mol. The van der Waals surface area contributed by atoms with Crippen molar-refractivity contribution in [2.24, 2.45) is 5.92 Å². The summed E-state index contributed by atoms with van der Waals surface area (Å²) in [5.41, 5.74) is 0. The summed E-state index contributed by atoms with van der Waals surface area (Å²) in [5, 5.41) is 9.10. The average molecular weight is 313 g/mol. The lowest BCUT2D eigenvalue weighted by Crippen LogP contribution is -2.37. The first kappa shape index (κ1) is 15.8. The molecule has 1 N–H and O–H groups in total. The quantitative estimate of drug-likeness (QED) is 0.892. The zero-order valence-electron chi connectivity index (χ0n) is 12.0. The Morgan fingerprint density at radius 1 is 1.38 bits per heavy atom. The van der Waals surface area contributed by atoms with Crippen LogP contribution in [0.3, 0.4) is 0 Å². The number of hydrogen-bond acceptors (Lipinski definition) is 4. The Bertz CT molecular complexity index is 611. The minimum absolute atomic E-state index is 0.156. The van der Waals surface area contributed by atoms with E-state index in [1.165, 1.54) is 16.4 Å². The Hall–Kier alpha value is -1.60. The summed E-state index contributed by atoms with van der Waals surface area (Å²) >= 11 is 0. The third-order valence-electron chi connectivity index (χ3n) is 3.76. The maximum Gasteiger partial charge on any atom is 0.308 e. The molecule has 2 rings (SSSR count). The SMILES string of the molecule is CCOc1ccc(S(=O)(=O)N2CCC(C(=O)O)C2C)cc1. The molecule has 7 heteroatoms. The molecule has 0 saturated carbocycles. The fourth-order valence-corrected chi connectivity index (χ4v) is 4.27. The van der Waals surface area contributed by atoms with E-state index in [1.54, 1.807) is 19.1 Å². The molecule has 1 aromatic rings. The van der Waals surface area contributed by atoms with Crippen LogP contribution >= 0.6 is 0 Å². The molecule has 0 amide bonds. The molecule has 0 aromatic heterocycles. The zero-order chi connectivity index (χ0) is 15.6. The van der Waals surface area contributed by atoms with Crippen molar-refractivity contribution >= 4 is 16.0 Å². The Morgan fingerprint density at radius 2 is 2.00 bits per heavy atom. The smallest absolute Gasteiger partial charge is 0.308 e. The maximum absolute atomic E-state index is 12.6. The first-order valence-electron chi connectivity index (χ1n) is 6.85.